The maximum atomic E-state index is 12.7. The van der Waals surface area contributed by atoms with Crippen molar-refractivity contribution in [1.82, 2.24) is 10.2 Å². The van der Waals surface area contributed by atoms with E-state index in [1.807, 2.05) is 63.2 Å². The van der Waals surface area contributed by atoms with Crippen molar-refractivity contribution in [1.29, 1.82) is 0 Å². The monoisotopic (exact) mass is 382 g/mol. The lowest BCUT2D eigenvalue weighted by atomic mass is 9.92. The van der Waals surface area contributed by atoms with Crippen LogP contribution in [0.15, 0.2) is 55.1 Å². The van der Waals surface area contributed by atoms with Gasteiger partial charge in [0.25, 0.3) is 0 Å². The molecule has 5 heteroatoms. The van der Waals surface area contributed by atoms with Crippen LogP contribution in [0.1, 0.15) is 43.6 Å². The molecule has 5 nitrogen and oxygen atoms in total. The average molecular weight is 383 g/mol. The fraction of sp³-hybridized carbons (Fsp3) is 0.348. The Hall–Kier alpha value is -2.79. The number of methoxy groups -OCH3 is 1. The highest BCUT2D eigenvalue weighted by molar-refractivity contribution is 5.75. The Morgan fingerprint density at radius 1 is 1.25 bits per heavy atom. The first kappa shape index (κ1) is 21.5. The third-order valence-corrected chi connectivity index (χ3v) is 4.77. The molecule has 0 aliphatic rings. The van der Waals surface area contributed by atoms with Gasteiger partial charge in [0.15, 0.2) is 0 Å². The molecule has 2 N–H and O–H groups in total. The van der Waals surface area contributed by atoms with Crippen LogP contribution in [0.25, 0.3) is 5.57 Å². The summed E-state index contributed by atoms with van der Waals surface area (Å²) >= 11 is 0. The van der Waals surface area contributed by atoms with Gasteiger partial charge in [0, 0.05) is 7.05 Å². The van der Waals surface area contributed by atoms with Crippen molar-refractivity contribution in [3.8, 4) is 5.75 Å². The largest absolute Gasteiger partial charge is 0.497 e. The van der Waals surface area contributed by atoms with Gasteiger partial charge in [-0.15, -0.1) is 0 Å². The standard InChI is InChI=1S/C23H30N2O3/c1-16(2)17-9-7-11-19(13-17)23(3,4)24-22(27)25(5)15-21(26)18-10-8-12-20(14-18)28-6/h7-14,21,26H,1,15H2,2-6H3,(H,24,27). The molecule has 28 heavy (non-hydrogen) atoms. The predicted octanol–water partition coefficient (Wildman–Crippen LogP) is 4.34. The number of ether oxygens (including phenoxy) is 1. The molecular formula is C23H30N2O3. The number of aliphatic hydroxyl groups is 1. The summed E-state index contributed by atoms with van der Waals surface area (Å²) in [5, 5.41) is 13.5. The molecule has 0 saturated carbocycles. The number of aliphatic hydroxyl groups excluding tert-OH is 1. The Balaban J connectivity index is 2.06. The molecule has 0 spiro atoms. The highest BCUT2D eigenvalue weighted by Crippen LogP contribution is 2.24. The fourth-order valence-corrected chi connectivity index (χ4v) is 2.90. The zero-order valence-electron chi connectivity index (χ0n) is 17.3. The highest BCUT2D eigenvalue weighted by Gasteiger charge is 2.25. The van der Waals surface area contributed by atoms with E-state index in [9.17, 15) is 9.90 Å². The van der Waals surface area contributed by atoms with E-state index in [0.29, 0.717) is 11.3 Å². The molecule has 2 rings (SSSR count). The van der Waals surface area contributed by atoms with Gasteiger partial charge in [-0.2, -0.15) is 0 Å². The summed E-state index contributed by atoms with van der Waals surface area (Å²) in [4.78, 5) is 14.2. The van der Waals surface area contributed by atoms with Crippen molar-refractivity contribution >= 4 is 11.6 Å². The number of carbonyl (C=O) groups excluding carboxylic acids is 1. The van der Waals surface area contributed by atoms with Gasteiger partial charge in [0.05, 0.1) is 25.3 Å². The van der Waals surface area contributed by atoms with E-state index >= 15 is 0 Å². The van der Waals surface area contributed by atoms with Crippen LogP contribution in [0.5, 0.6) is 5.75 Å². The number of hydrogen-bond acceptors (Lipinski definition) is 3. The van der Waals surface area contributed by atoms with Crippen molar-refractivity contribution in [3.05, 3.63) is 71.8 Å². The van der Waals surface area contributed by atoms with Crippen LogP contribution in [0, 0.1) is 0 Å². The van der Waals surface area contributed by atoms with Gasteiger partial charge in [0.1, 0.15) is 5.75 Å². The zero-order valence-corrected chi connectivity index (χ0v) is 17.3. The number of amides is 2. The molecule has 0 heterocycles. The molecule has 1 unspecified atom stereocenters. The van der Waals surface area contributed by atoms with Gasteiger partial charge in [-0.1, -0.05) is 42.5 Å². The number of nitrogens with one attached hydrogen (secondary N) is 1. The number of likely N-dealkylation sites (N-methyl/N-ethyl adjacent to an activating group) is 1. The van der Waals surface area contributed by atoms with Crippen molar-refractivity contribution < 1.29 is 14.6 Å². The summed E-state index contributed by atoms with van der Waals surface area (Å²) in [6.45, 7) is 10.0. The van der Waals surface area contributed by atoms with Gasteiger partial charge >= 0.3 is 6.03 Å². The lowest BCUT2D eigenvalue weighted by Crippen LogP contribution is -2.48. The van der Waals surface area contributed by atoms with Gasteiger partial charge < -0.3 is 20.1 Å². The Morgan fingerprint density at radius 2 is 1.93 bits per heavy atom. The first-order valence-corrected chi connectivity index (χ1v) is 9.25. The summed E-state index contributed by atoms with van der Waals surface area (Å²) in [5.41, 5.74) is 3.14. The minimum Gasteiger partial charge on any atom is -0.497 e. The number of urea groups is 1. The molecular weight excluding hydrogens is 352 g/mol. The van der Waals surface area contributed by atoms with Crippen molar-refractivity contribution in [2.45, 2.75) is 32.4 Å². The zero-order chi connectivity index (χ0) is 20.9. The Labute approximate surface area is 167 Å². The molecule has 0 radical (unpaired) electrons. The molecule has 0 aromatic heterocycles. The normalized spacial score (nSPS) is 12.2. The minimum absolute atomic E-state index is 0.168. The van der Waals surface area contributed by atoms with E-state index in [-0.39, 0.29) is 12.6 Å². The first-order valence-electron chi connectivity index (χ1n) is 9.25. The molecule has 0 saturated heterocycles. The van der Waals surface area contributed by atoms with E-state index in [0.717, 1.165) is 16.7 Å². The van der Waals surface area contributed by atoms with E-state index < -0.39 is 11.6 Å². The molecule has 150 valence electrons. The highest BCUT2D eigenvalue weighted by atomic mass is 16.5. The quantitative estimate of drug-likeness (QED) is 0.749. The van der Waals surface area contributed by atoms with E-state index in [2.05, 4.69) is 11.9 Å². The summed E-state index contributed by atoms with van der Waals surface area (Å²) < 4.78 is 5.19. The number of allylic oxidation sites excluding steroid dienone is 1. The maximum Gasteiger partial charge on any atom is 0.317 e. The number of benzene rings is 2. The van der Waals surface area contributed by atoms with E-state index in [1.165, 1.54) is 4.90 Å². The first-order chi connectivity index (χ1) is 13.1. The Kier molecular flexibility index (Phi) is 6.86. The Bertz CT molecular complexity index is 845. The summed E-state index contributed by atoms with van der Waals surface area (Å²) in [6, 6.07) is 14.9. The molecule has 2 aromatic carbocycles. The number of rotatable bonds is 7. The van der Waals surface area contributed by atoms with Crippen LogP contribution in [0.2, 0.25) is 0 Å². The lowest BCUT2D eigenvalue weighted by Gasteiger charge is -2.31. The van der Waals surface area contributed by atoms with E-state index in [1.54, 1.807) is 20.2 Å². The minimum atomic E-state index is -0.805. The van der Waals surface area contributed by atoms with Crippen molar-refractivity contribution in [2.24, 2.45) is 0 Å². The van der Waals surface area contributed by atoms with Crippen LogP contribution in [-0.4, -0.2) is 36.7 Å². The molecule has 1 atom stereocenters. The van der Waals surface area contributed by atoms with Crippen molar-refractivity contribution in [3.63, 3.8) is 0 Å². The van der Waals surface area contributed by atoms with Crippen LogP contribution in [0.4, 0.5) is 4.79 Å². The van der Waals surface area contributed by atoms with Crippen molar-refractivity contribution in [2.75, 3.05) is 20.7 Å². The Morgan fingerprint density at radius 3 is 2.57 bits per heavy atom. The molecule has 0 fully saturated rings. The smallest absolute Gasteiger partial charge is 0.317 e. The van der Waals surface area contributed by atoms with Crippen LogP contribution >= 0.6 is 0 Å². The number of carbonyl (C=O) groups is 1. The topological polar surface area (TPSA) is 61.8 Å². The predicted molar refractivity (Wildman–Crippen MR) is 113 cm³/mol. The summed E-state index contributed by atoms with van der Waals surface area (Å²) in [6.07, 6.45) is -0.805. The second kappa shape index (κ2) is 8.93. The number of nitrogens with zero attached hydrogens (tertiary/aromatic N) is 1. The van der Waals surface area contributed by atoms with Crippen LogP contribution < -0.4 is 10.1 Å². The van der Waals surface area contributed by atoms with Gasteiger partial charge in [0.2, 0.25) is 0 Å². The summed E-state index contributed by atoms with van der Waals surface area (Å²) in [7, 11) is 3.25. The van der Waals surface area contributed by atoms with Crippen LogP contribution in [-0.2, 0) is 5.54 Å². The van der Waals surface area contributed by atoms with Crippen LogP contribution in [0.3, 0.4) is 0 Å². The lowest BCUT2D eigenvalue weighted by molar-refractivity contribution is 0.128. The second-order valence-electron chi connectivity index (χ2n) is 7.59. The van der Waals surface area contributed by atoms with Gasteiger partial charge in [-0.25, -0.2) is 4.79 Å². The number of hydrogen-bond donors (Lipinski definition) is 2. The van der Waals surface area contributed by atoms with E-state index in [4.69, 9.17) is 4.74 Å². The SMILES string of the molecule is C=C(C)c1cccc(C(C)(C)NC(=O)N(C)CC(O)c2cccc(OC)c2)c1. The second-order valence-corrected chi connectivity index (χ2v) is 7.59. The molecule has 2 aromatic rings. The maximum absolute atomic E-state index is 12.7. The summed E-state index contributed by atoms with van der Waals surface area (Å²) in [5.74, 6) is 0.669. The third-order valence-electron chi connectivity index (χ3n) is 4.77. The molecule has 0 aliphatic heterocycles. The average Bonchev–Trinajstić information content (AvgIpc) is 2.67. The fourth-order valence-electron chi connectivity index (χ4n) is 2.90. The molecule has 0 bridgehead atoms. The molecule has 2 amide bonds. The van der Waals surface area contributed by atoms with Gasteiger partial charge in [-0.05, 0) is 55.7 Å². The molecule has 0 aliphatic carbocycles. The third kappa shape index (κ3) is 5.36. The van der Waals surface area contributed by atoms with Gasteiger partial charge in [-0.3, -0.25) is 0 Å².